The standard InChI is InChI=1S/C16H24N2S/c1-12-8-10-15(11-9-12)18-16(19)17-13(2)14-6-4-3-5-7-14/h3-7,12-13,15H,8-11H2,1-2H3,(H2,17,18,19). The van der Waals surface area contributed by atoms with Gasteiger partial charge >= 0.3 is 0 Å². The van der Waals surface area contributed by atoms with Gasteiger partial charge in [0.05, 0.1) is 6.04 Å². The second-order valence-corrected chi connectivity index (χ2v) is 6.12. The van der Waals surface area contributed by atoms with E-state index in [0.29, 0.717) is 6.04 Å². The molecule has 104 valence electrons. The van der Waals surface area contributed by atoms with Crippen molar-refractivity contribution in [3.05, 3.63) is 35.9 Å². The zero-order chi connectivity index (χ0) is 13.7. The quantitative estimate of drug-likeness (QED) is 0.821. The first-order valence-corrected chi connectivity index (χ1v) is 7.68. The second kappa shape index (κ2) is 6.90. The minimum absolute atomic E-state index is 0.253. The number of benzene rings is 1. The molecule has 1 fully saturated rings. The maximum absolute atomic E-state index is 5.42. The van der Waals surface area contributed by atoms with Gasteiger partial charge in [-0.15, -0.1) is 0 Å². The van der Waals surface area contributed by atoms with Crippen molar-refractivity contribution < 1.29 is 0 Å². The fourth-order valence-electron chi connectivity index (χ4n) is 2.65. The molecule has 0 aliphatic heterocycles. The van der Waals surface area contributed by atoms with E-state index in [2.05, 4.69) is 48.7 Å². The number of hydrogen-bond acceptors (Lipinski definition) is 1. The lowest BCUT2D eigenvalue weighted by atomic mass is 9.87. The van der Waals surface area contributed by atoms with Gasteiger partial charge in [0.25, 0.3) is 0 Å². The van der Waals surface area contributed by atoms with Crippen LogP contribution in [0.5, 0.6) is 0 Å². The lowest BCUT2D eigenvalue weighted by Crippen LogP contribution is -2.44. The molecule has 2 nitrogen and oxygen atoms in total. The Kier molecular flexibility index (Phi) is 5.20. The smallest absolute Gasteiger partial charge is 0.166 e. The third kappa shape index (κ3) is 4.50. The third-order valence-electron chi connectivity index (χ3n) is 4.00. The van der Waals surface area contributed by atoms with E-state index >= 15 is 0 Å². The molecule has 1 aliphatic rings. The first-order valence-electron chi connectivity index (χ1n) is 7.27. The highest BCUT2D eigenvalue weighted by molar-refractivity contribution is 7.80. The molecule has 3 heteroatoms. The lowest BCUT2D eigenvalue weighted by Gasteiger charge is -2.29. The number of hydrogen-bond donors (Lipinski definition) is 2. The number of rotatable bonds is 3. The van der Waals surface area contributed by atoms with Crippen molar-refractivity contribution in [1.82, 2.24) is 10.6 Å². The Morgan fingerprint density at radius 3 is 2.42 bits per heavy atom. The van der Waals surface area contributed by atoms with E-state index in [1.807, 2.05) is 6.07 Å². The van der Waals surface area contributed by atoms with Gasteiger partial charge in [-0.3, -0.25) is 0 Å². The molecule has 0 heterocycles. The van der Waals surface area contributed by atoms with Crippen LogP contribution in [0.3, 0.4) is 0 Å². The fraction of sp³-hybridized carbons (Fsp3) is 0.562. The summed E-state index contributed by atoms with van der Waals surface area (Å²) in [6.07, 6.45) is 5.11. The molecular weight excluding hydrogens is 252 g/mol. The SMILES string of the molecule is CC1CCC(NC(=S)NC(C)c2ccccc2)CC1. The summed E-state index contributed by atoms with van der Waals surface area (Å²) in [7, 11) is 0. The summed E-state index contributed by atoms with van der Waals surface area (Å²) in [6, 6.07) is 11.2. The topological polar surface area (TPSA) is 24.1 Å². The molecule has 0 spiro atoms. The van der Waals surface area contributed by atoms with E-state index in [1.54, 1.807) is 0 Å². The minimum atomic E-state index is 0.253. The predicted molar refractivity (Wildman–Crippen MR) is 85.1 cm³/mol. The molecule has 19 heavy (non-hydrogen) atoms. The number of thiocarbonyl (C=S) groups is 1. The maximum Gasteiger partial charge on any atom is 0.166 e. The normalized spacial score (nSPS) is 24.5. The zero-order valence-electron chi connectivity index (χ0n) is 11.9. The van der Waals surface area contributed by atoms with Gasteiger partial charge < -0.3 is 10.6 Å². The van der Waals surface area contributed by atoms with Crippen molar-refractivity contribution in [3.8, 4) is 0 Å². The summed E-state index contributed by atoms with van der Waals surface area (Å²) in [4.78, 5) is 0. The monoisotopic (exact) mass is 276 g/mol. The van der Waals surface area contributed by atoms with Crippen LogP contribution in [0.2, 0.25) is 0 Å². The van der Waals surface area contributed by atoms with Gasteiger partial charge in [-0.1, -0.05) is 37.3 Å². The summed E-state index contributed by atoms with van der Waals surface area (Å²) < 4.78 is 0. The van der Waals surface area contributed by atoms with Crippen LogP contribution in [0.4, 0.5) is 0 Å². The highest BCUT2D eigenvalue weighted by atomic mass is 32.1. The van der Waals surface area contributed by atoms with Gasteiger partial charge in [0, 0.05) is 6.04 Å². The summed E-state index contributed by atoms with van der Waals surface area (Å²) >= 11 is 5.42. The Hall–Kier alpha value is -1.09. The van der Waals surface area contributed by atoms with Crippen molar-refractivity contribution in [1.29, 1.82) is 0 Å². The fourth-order valence-corrected chi connectivity index (χ4v) is 3.00. The Balaban J connectivity index is 1.78. The van der Waals surface area contributed by atoms with Crippen LogP contribution in [0.1, 0.15) is 51.1 Å². The molecule has 2 rings (SSSR count). The molecule has 1 unspecified atom stereocenters. The number of nitrogens with one attached hydrogen (secondary N) is 2. The van der Waals surface area contributed by atoms with Crippen LogP contribution in [-0.4, -0.2) is 11.2 Å². The van der Waals surface area contributed by atoms with E-state index in [0.717, 1.165) is 11.0 Å². The van der Waals surface area contributed by atoms with Gasteiger partial charge in [0.1, 0.15) is 0 Å². The van der Waals surface area contributed by atoms with Crippen molar-refractivity contribution in [3.63, 3.8) is 0 Å². The van der Waals surface area contributed by atoms with Crippen molar-refractivity contribution in [2.45, 2.75) is 51.6 Å². The third-order valence-corrected chi connectivity index (χ3v) is 4.23. The first-order chi connectivity index (χ1) is 9.15. The molecule has 0 radical (unpaired) electrons. The van der Waals surface area contributed by atoms with Crippen LogP contribution < -0.4 is 10.6 Å². The minimum Gasteiger partial charge on any atom is -0.360 e. The van der Waals surface area contributed by atoms with Crippen molar-refractivity contribution >= 4 is 17.3 Å². The summed E-state index contributed by atoms with van der Waals surface area (Å²) in [5, 5.41) is 7.62. The predicted octanol–water partition coefficient (Wildman–Crippen LogP) is 3.79. The van der Waals surface area contributed by atoms with Crippen LogP contribution >= 0.6 is 12.2 Å². The second-order valence-electron chi connectivity index (χ2n) is 5.71. The molecule has 1 aromatic carbocycles. The van der Waals surface area contributed by atoms with Gasteiger partial charge in [-0.2, -0.15) is 0 Å². The van der Waals surface area contributed by atoms with E-state index in [-0.39, 0.29) is 6.04 Å². The lowest BCUT2D eigenvalue weighted by molar-refractivity contribution is 0.330. The van der Waals surface area contributed by atoms with Crippen molar-refractivity contribution in [2.24, 2.45) is 5.92 Å². The summed E-state index contributed by atoms with van der Waals surface area (Å²) in [5.41, 5.74) is 1.27. The molecule has 0 bridgehead atoms. The summed E-state index contributed by atoms with van der Waals surface area (Å²) in [6.45, 7) is 4.48. The van der Waals surface area contributed by atoms with E-state index in [9.17, 15) is 0 Å². The zero-order valence-corrected chi connectivity index (χ0v) is 12.7. The van der Waals surface area contributed by atoms with Crippen LogP contribution in [0, 0.1) is 5.92 Å². The van der Waals surface area contributed by atoms with Crippen LogP contribution in [0.15, 0.2) is 30.3 Å². The largest absolute Gasteiger partial charge is 0.360 e. The maximum atomic E-state index is 5.42. The average Bonchev–Trinajstić information content (AvgIpc) is 2.42. The van der Waals surface area contributed by atoms with Crippen LogP contribution in [0.25, 0.3) is 0 Å². The molecule has 1 atom stereocenters. The Labute approximate surface area is 122 Å². The van der Waals surface area contributed by atoms with Gasteiger partial charge in [0.15, 0.2) is 5.11 Å². The van der Waals surface area contributed by atoms with Gasteiger partial charge in [0.2, 0.25) is 0 Å². The van der Waals surface area contributed by atoms with Crippen LogP contribution in [-0.2, 0) is 0 Å². The Morgan fingerprint density at radius 1 is 1.16 bits per heavy atom. The Morgan fingerprint density at radius 2 is 1.79 bits per heavy atom. The van der Waals surface area contributed by atoms with E-state index < -0.39 is 0 Å². The Bertz CT molecular complexity index is 396. The first kappa shape index (κ1) is 14.3. The molecular formula is C16H24N2S. The molecule has 0 aromatic heterocycles. The highest BCUT2D eigenvalue weighted by Gasteiger charge is 2.19. The van der Waals surface area contributed by atoms with E-state index in [4.69, 9.17) is 12.2 Å². The molecule has 1 saturated carbocycles. The average molecular weight is 276 g/mol. The van der Waals surface area contributed by atoms with Crippen molar-refractivity contribution in [2.75, 3.05) is 0 Å². The molecule has 2 N–H and O–H groups in total. The molecule has 1 aromatic rings. The molecule has 1 aliphatic carbocycles. The van der Waals surface area contributed by atoms with Gasteiger partial charge in [-0.05, 0) is 56.3 Å². The molecule has 0 saturated heterocycles. The van der Waals surface area contributed by atoms with Gasteiger partial charge in [-0.25, -0.2) is 0 Å². The van der Waals surface area contributed by atoms with E-state index in [1.165, 1.54) is 31.2 Å². The summed E-state index contributed by atoms with van der Waals surface area (Å²) in [5.74, 6) is 0.878. The highest BCUT2D eigenvalue weighted by Crippen LogP contribution is 2.23. The molecule has 0 amide bonds.